The number of aromatic nitrogens is 2. The summed E-state index contributed by atoms with van der Waals surface area (Å²) < 4.78 is 0. The quantitative estimate of drug-likeness (QED) is 0.911. The Morgan fingerprint density at radius 3 is 3.05 bits per heavy atom. The van der Waals surface area contributed by atoms with Gasteiger partial charge >= 0.3 is 0 Å². The molecule has 0 amide bonds. The first-order valence-electron chi connectivity index (χ1n) is 7.05. The second-order valence-corrected chi connectivity index (χ2v) is 6.55. The van der Waals surface area contributed by atoms with Crippen LogP contribution in [0.4, 0.5) is 0 Å². The molecule has 114 valence electrons. The predicted octanol–water partition coefficient (Wildman–Crippen LogP) is 2.64. The van der Waals surface area contributed by atoms with Crippen LogP contribution in [0.3, 0.4) is 0 Å². The number of nitrogens with zero attached hydrogens (tertiary/aromatic N) is 1. The maximum absolute atomic E-state index is 12.1. The van der Waals surface area contributed by atoms with Gasteiger partial charge in [0.2, 0.25) is 0 Å². The van der Waals surface area contributed by atoms with Gasteiger partial charge in [-0.15, -0.1) is 24.2 Å². The molecule has 1 saturated heterocycles. The average molecular weight is 326 g/mol. The zero-order valence-corrected chi connectivity index (χ0v) is 13.6. The van der Waals surface area contributed by atoms with Crippen LogP contribution in [0.25, 0.3) is 10.9 Å². The predicted molar refractivity (Wildman–Crippen MR) is 91.5 cm³/mol. The number of thioether (sulfide) groups is 1. The number of benzene rings is 1. The number of H-pyrrole nitrogens is 1. The second kappa shape index (κ2) is 7.29. The zero-order valence-electron chi connectivity index (χ0n) is 12.0. The van der Waals surface area contributed by atoms with E-state index in [1.165, 1.54) is 12.8 Å². The average Bonchev–Trinajstić information content (AvgIpc) is 2.47. The monoisotopic (exact) mass is 325 g/mol. The molecule has 3 rings (SSSR count). The number of para-hydroxylation sites is 1. The van der Waals surface area contributed by atoms with Gasteiger partial charge in [-0.3, -0.25) is 4.79 Å². The molecule has 1 aliphatic rings. The normalized spacial score (nSPS) is 18.4. The number of hydrogen-bond donors (Lipinski definition) is 2. The molecule has 1 aromatic heterocycles. The summed E-state index contributed by atoms with van der Waals surface area (Å²) in [6.45, 7) is 4.18. The molecule has 2 N–H and O–H groups in total. The maximum Gasteiger partial charge on any atom is 0.258 e. The highest BCUT2D eigenvalue weighted by Crippen LogP contribution is 2.22. The zero-order chi connectivity index (χ0) is 13.9. The fraction of sp³-hybridized carbons (Fsp3) is 0.467. The van der Waals surface area contributed by atoms with E-state index in [4.69, 9.17) is 0 Å². The van der Waals surface area contributed by atoms with E-state index in [-0.39, 0.29) is 18.0 Å². The highest BCUT2D eigenvalue weighted by atomic mass is 35.5. The van der Waals surface area contributed by atoms with Gasteiger partial charge in [-0.1, -0.05) is 12.1 Å². The van der Waals surface area contributed by atoms with Crippen molar-refractivity contribution in [3.05, 3.63) is 39.9 Å². The van der Waals surface area contributed by atoms with Gasteiger partial charge in [-0.05, 0) is 37.9 Å². The van der Waals surface area contributed by atoms with Crippen LogP contribution in [0.2, 0.25) is 0 Å². The summed E-state index contributed by atoms with van der Waals surface area (Å²) in [7, 11) is 0. The van der Waals surface area contributed by atoms with Crippen LogP contribution in [0.5, 0.6) is 0 Å². The van der Waals surface area contributed by atoms with Crippen molar-refractivity contribution in [2.45, 2.75) is 30.8 Å². The van der Waals surface area contributed by atoms with E-state index in [1.54, 1.807) is 0 Å². The molecule has 2 heterocycles. The molecular weight excluding hydrogens is 306 g/mol. The lowest BCUT2D eigenvalue weighted by Gasteiger charge is -2.21. The molecule has 6 heteroatoms. The highest BCUT2D eigenvalue weighted by molar-refractivity contribution is 7.99. The number of halogens is 1. The van der Waals surface area contributed by atoms with Gasteiger partial charge in [0.15, 0.2) is 0 Å². The van der Waals surface area contributed by atoms with E-state index in [0.717, 1.165) is 35.7 Å². The lowest BCUT2D eigenvalue weighted by atomic mass is 10.1. The molecule has 21 heavy (non-hydrogen) atoms. The Labute approximate surface area is 134 Å². The third-order valence-corrected chi connectivity index (χ3v) is 5.01. The topological polar surface area (TPSA) is 57.8 Å². The van der Waals surface area contributed by atoms with Crippen LogP contribution in [0.1, 0.15) is 24.2 Å². The van der Waals surface area contributed by atoms with Crippen LogP contribution in [-0.2, 0) is 5.75 Å². The Hall–Kier alpha value is -1.04. The fourth-order valence-corrected chi connectivity index (χ4v) is 3.68. The van der Waals surface area contributed by atoms with E-state index in [1.807, 2.05) is 36.9 Å². The minimum absolute atomic E-state index is 0. The minimum atomic E-state index is -0.0314. The lowest BCUT2D eigenvalue weighted by Crippen LogP contribution is -2.31. The first kappa shape index (κ1) is 16.3. The van der Waals surface area contributed by atoms with E-state index in [9.17, 15) is 4.79 Å². The van der Waals surface area contributed by atoms with Crippen LogP contribution < -0.4 is 10.9 Å². The van der Waals surface area contributed by atoms with Gasteiger partial charge in [0.1, 0.15) is 5.82 Å². The maximum atomic E-state index is 12.1. The van der Waals surface area contributed by atoms with Crippen molar-refractivity contribution in [1.29, 1.82) is 0 Å². The Morgan fingerprint density at radius 2 is 2.29 bits per heavy atom. The number of piperidine rings is 1. The molecule has 4 nitrogen and oxygen atoms in total. The molecule has 2 aromatic rings. The number of nitrogens with one attached hydrogen (secondary N) is 2. The molecule has 1 aromatic carbocycles. The second-order valence-electron chi connectivity index (χ2n) is 5.26. The molecule has 0 aliphatic carbocycles. The number of fused-ring (bicyclic) bond motifs is 1. The largest absolute Gasteiger partial charge is 0.316 e. The third-order valence-electron chi connectivity index (χ3n) is 3.69. The van der Waals surface area contributed by atoms with E-state index in [2.05, 4.69) is 15.3 Å². The van der Waals surface area contributed by atoms with Crippen molar-refractivity contribution in [2.24, 2.45) is 0 Å². The summed E-state index contributed by atoms with van der Waals surface area (Å²) in [6, 6.07) is 5.73. The molecule has 1 fully saturated rings. The van der Waals surface area contributed by atoms with E-state index in [0.29, 0.717) is 10.6 Å². The Morgan fingerprint density at radius 1 is 1.43 bits per heavy atom. The van der Waals surface area contributed by atoms with Gasteiger partial charge in [-0.2, -0.15) is 0 Å². The first-order valence-corrected chi connectivity index (χ1v) is 8.10. The van der Waals surface area contributed by atoms with Crippen LogP contribution in [0.15, 0.2) is 23.0 Å². The number of rotatable bonds is 3. The molecule has 1 unspecified atom stereocenters. The minimum Gasteiger partial charge on any atom is -0.316 e. The number of hydrogen-bond acceptors (Lipinski definition) is 4. The van der Waals surface area contributed by atoms with Crippen molar-refractivity contribution < 1.29 is 0 Å². The standard InChI is InChI=1S/C15H19N3OS.ClH/c1-10-4-2-6-12-14(10)17-13(18-15(12)19)9-20-11-5-3-7-16-8-11;/h2,4,6,11,16H,3,5,7-9H2,1H3,(H,17,18,19);1H. The summed E-state index contributed by atoms with van der Waals surface area (Å²) in [6.07, 6.45) is 2.48. The van der Waals surface area contributed by atoms with Crippen molar-refractivity contribution in [2.75, 3.05) is 13.1 Å². The Bertz CT molecular complexity index is 668. The Balaban J connectivity index is 0.00000161. The molecule has 0 radical (unpaired) electrons. The van der Waals surface area contributed by atoms with Crippen LogP contribution in [0, 0.1) is 6.92 Å². The summed E-state index contributed by atoms with van der Waals surface area (Å²) in [4.78, 5) is 19.6. The fourth-order valence-electron chi connectivity index (χ4n) is 2.58. The summed E-state index contributed by atoms with van der Waals surface area (Å²) in [5, 5.41) is 4.71. The third kappa shape index (κ3) is 3.78. The van der Waals surface area contributed by atoms with Crippen LogP contribution >= 0.6 is 24.2 Å². The molecule has 0 saturated carbocycles. The highest BCUT2D eigenvalue weighted by Gasteiger charge is 2.14. The van der Waals surface area contributed by atoms with Gasteiger partial charge in [0.05, 0.1) is 16.7 Å². The summed E-state index contributed by atoms with van der Waals surface area (Å²) in [5.74, 6) is 1.55. The molecule has 1 aliphatic heterocycles. The van der Waals surface area contributed by atoms with Gasteiger partial charge < -0.3 is 10.3 Å². The van der Waals surface area contributed by atoms with E-state index >= 15 is 0 Å². The van der Waals surface area contributed by atoms with Gasteiger partial charge in [0, 0.05) is 11.8 Å². The van der Waals surface area contributed by atoms with E-state index < -0.39 is 0 Å². The Kier molecular flexibility index (Phi) is 5.67. The smallest absolute Gasteiger partial charge is 0.258 e. The van der Waals surface area contributed by atoms with Crippen molar-refractivity contribution >= 4 is 35.1 Å². The molecular formula is C15H20ClN3OS. The van der Waals surface area contributed by atoms with Crippen LogP contribution in [-0.4, -0.2) is 28.3 Å². The summed E-state index contributed by atoms with van der Waals surface area (Å²) >= 11 is 1.88. The first-order chi connectivity index (χ1) is 9.74. The molecule has 0 bridgehead atoms. The molecule has 1 atom stereocenters. The van der Waals surface area contributed by atoms with Gasteiger partial charge in [0.25, 0.3) is 5.56 Å². The number of aromatic amines is 1. The van der Waals surface area contributed by atoms with Gasteiger partial charge in [-0.25, -0.2) is 4.98 Å². The number of aryl methyl sites for hydroxylation is 1. The van der Waals surface area contributed by atoms with Crippen molar-refractivity contribution in [1.82, 2.24) is 15.3 Å². The lowest BCUT2D eigenvalue weighted by molar-refractivity contribution is 0.531. The van der Waals surface area contributed by atoms with Crippen molar-refractivity contribution in [3.8, 4) is 0 Å². The molecule has 0 spiro atoms. The summed E-state index contributed by atoms with van der Waals surface area (Å²) in [5.41, 5.74) is 1.85. The van der Waals surface area contributed by atoms with Crippen molar-refractivity contribution in [3.63, 3.8) is 0 Å². The SMILES string of the molecule is Cc1cccc2c(=O)[nH]c(CSC3CCCNC3)nc12.Cl.